The lowest BCUT2D eigenvalue weighted by molar-refractivity contribution is 0.0535. The van der Waals surface area contributed by atoms with E-state index < -0.39 is 11.2 Å². The SMILES string of the molecule is COc1ccc(-c2ccc3c(c2)COC3=O)c(OCc2cccc([S+](C)[O-])c2)c1OC. The van der Waals surface area contributed by atoms with Crippen LogP contribution in [-0.2, 0) is 29.1 Å². The van der Waals surface area contributed by atoms with Crippen LogP contribution in [0.15, 0.2) is 59.5 Å². The molecule has 1 aliphatic rings. The molecule has 0 saturated heterocycles. The Morgan fingerprint density at radius 3 is 2.55 bits per heavy atom. The minimum Gasteiger partial charge on any atom is -0.612 e. The third-order valence-corrected chi connectivity index (χ3v) is 6.03. The first-order valence-corrected chi connectivity index (χ1v) is 11.2. The lowest BCUT2D eigenvalue weighted by atomic mass is 9.99. The van der Waals surface area contributed by atoms with Crippen LogP contribution in [0.25, 0.3) is 11.1 Å². The molecule has 0 amide bonds. The Bertz CT molecular complexity index is 1130. The zero-order chi connectivity index (χ0) is 22.0. The minimum absolute atomic E-state index is 0.256. The predicted octanol–water partition coefficient (Wildman–Crippen LogP) is 4.36. The fraction of sp³-hybridized carbons (Fsp3) is 0.208. The van der Waals surface area contributed by atoms with Crippen molar-refractivity contribution in [3.63, 3.8) is 0 Å². The summed E-state index contributed by atoms with van der Waals surface area (Å²) in [5, 5.41) is 0. The predicted molar refractivity (Wildman–Crippen MR) is 117 cm³/mol. The highest BCUT2D eigenvalue weighted by atomic mass is 32.2. The number of methoxy groups -OCH3 is 2. The second-order valence-electron chi connectivity index (χ2n) is 7.02. The first-order valence-electron chi connectivity index (χ1n) is 9.62. The van der Waals surface area contributed by atoms with Gasteiger partial charge in [0.2, 0.25) is 5.75 Å². The van der Waals surface area contributed by atoms with E-state index in [-0.39, 0.29) is 19.2 Å². The van der Waals surface area contributed by atoms with Gasteiger partial charge in [0.15, 0.2) is 16.4 Å². The van der Waals surface area contributed by atoms with Crippen molar-refractivity contribution in [1.29, 1.82) is 0 Å². The summed E-state index contributed by atoms with van der Waals surface area (Å²) in [7, 11) is 3.13. The quantitative estimate of drug-likeness (QED) is 0.403. The Kier molecular flexibility index (Phi) is 6.06. The lowest BCUT2D eigenvalue weighted by Gasteiger charge is -2.18. The Hall–Kier alpha value is -3.16. The van der Waals surface area contributed by atoms with Crippen molar-refractivity contribution in [3.05, 3.63) is 71.3 Å². The number of carbonyl (C=O) groups is 1. The summed E-state index contributed by atoms with van der Waals surface area (Å²) in [6.07, 6.45) is 1.64. The Labute approximate surface area is 183 Å². The molecule has 0 fully saturated rings. The molecule has 0 N–H and O–H groups in total. The molecule has 0 spiro atoms. The van der Waals surface area contributed by atoms with E-state index in [4.69, 9.17) is 18.9 Å². The monoisotopic (exact) mass is 438 g/mol. The summed E-state index contributed by atoms with van der Waals surface area (Å²) in [6, 6.07) is 16.7. The van der Waals surface area contributed by atoms with E-state index in [0.29, 0.717) is 22.8 Å². The molecule has 160 valence electrons. The van der Waals surface area contributed by atoms with Crippen LogP contribution >= 0.6 is 0 Å². The number of hydrogen-bond acceptors (Lipinski definition) is 6. The molecule has 4 rings (SSSR count). The molecule has 1 atom stereocenters. The Morgan fingerprint density at radius 2 is 1.81 bits per heavy atom. The molecular formula is C24H22O6S. The van der Waals surface area contributed by atoms with Crippen LogP contribution in [0.1, 0.15) is 21.5 Å². The number of esters is 1. The van der Waals surface area contributed by atoms with Crippen LogP contribution in [0, 0.1) is 0 Å². The van der Waals surface area contributed by atoms with Gasteiger partial charge in [0.05, 0.1) is 19.8 Å². The van der Waals surface area contributed by atoms with Gasteiger partial charge < -0.3 is 23.5 Å². The van der Waals surface area contributed by atoms with Crippen molar-refractivity contribution in [3.8, 4) is 28.4 Å². The summed E-state index contributed by atoms with van der Waals surface area (Å²) in [5.74, 6) is 1.24. The van der Waals surface area contributed by atoms with E-state index in [9.17, 15) is 9.35 Å². The third kappa shape index (κ3) is 4.19. The highest BCUT2D eigenvalue weighted by Crippen LogP contribution is 2.45. The molecule has 31 heavy (non-hydrogen) atoms. The van der Waals surface area contributed by atoms with E-state index >= 15 is 0 Å². The van der Waals surface area contributed by atoms with Gasteiger partial charge in [0, 0.05) is 11.1 Å². The molecule has 3 aromatic rings. The molecular weight excluding hydrogens is 416 g/mol. The normalized spacial score (nSPS) is 13.4. The summed E-state index contributed by atoms with van der Waals surface area (Å²) < 4.78 is 34.2. The molecule has 1 heterocycles. The number of hydrogen-bond donors (Lipinski definition) is 0. The van der Waals surface area contributed by atoms with Gasteiger partial charge in [0.1, 0.15) is 19.5 Å². The van der Waals surface area contributed by atoms with Gasteiger partial charge in [-0.15, -0.1) is 0 Å². The van der Waals surface area contributed by atoms with Crippen LogP contribution in [0.3, 0.4) is 0 Å². The van der Waals surface area contributed by atoms with Crippen molar-refractivity contribution in [1.82, 2.24) is 0 Å². The maximum Gasteiger partial charge on any atom is 0.338 e. The Balaban J connectivity index is 1.73. The highest BCUT2D eigenvalue weighted by Gasteiger charge is 2.23. The smallest absolute Gasteiger partial charge is 0.338 e. The summed E-state index contributed by atoms with van der Waals surface area (Å²) in [6.45, 7) is 0.514. The molecule has 0 aromatic heterocycles. The van der Waals surface area contributed by atoms with E-state index in [1.807, 2.05) is 48.5 Å². The average molecular weight is 439 g/mol. The molecule has 7 heteroatoms. The standard InChI is InChI=1S/C24H22O6S/c1-27-21-10-9-19(16-7-8-20-17(12-16)14-30-24(20)25)22(23(21)28-2)29-13-15-5-4-6-18(11-15)31(3)26/h4-12H,13-14H2,1-3H3. The van der Waals surface area contributed by atoms with Gasteiger partial charge in [-0.2, -0.15) is 0 Å². The maximum atomic E-state index is 11.8. The van der Waals surface area contributed by atoms with Gasteiger partial charge in [-0.25, -0.2) is 4.79 Å². The number of fused-ring (bicyclic) bond motifs is 1. The van der Waals surface area contributed by atoms with Gasteiger partial charge >= 0.3 is 5.97 Å². The molecule has 6 nitrogen and oxygen atoms in total. The van der Waals surface area contributed by atoms with Crippen molar-refractivity contribution in [2.45, 2.75) is 18.1 Å². The number of ether oxygens (including phenoxy) is 4. The van der Waals surface area contributed by atoms with Crippen molar-refractivity contribution < 1.29 is 28.3 Å². The van der Waals surface area contributed by atoms with Crippen molar-refractivity contribution >= 4 is 17.1 Å². The van der Waals surface area contributed by atoms with Crippen LogP contribution in [0.4, 0.5) is 0 Å². The first kappa shape index (κ1) is 21.1. The van der Waals surface area contributed by atoms with Gasteiger partial charge in [-0.1, -0.05) is 18.2 Å². The molecule has 0 bridgehead atoms. The molecule has 0 aliphatic carbocycles. The summed E-state index contributed by atoms with van der Waals surface area (Å²) in [4.78, 5) is 12.5. The van der Waals surface area contributed by atoms with Crippen LogP contribution in [0.5, 0.6) is 17.2 Å². The number of carbonyl (C=O) groups excluding carboxylic acids is 1. The first-order chi connectivity index (χ1) is 15.0. The largest absolute Gasteiger partial charge is 0.612 e. The Morgan fingerprint density at radius 1 is 1.00 bits per heavy atom. The summed E-state index contributed by atoms with van der Waals surface area (Å²) >= 11 is -1.08. The lowest BCUT2D eigenvalue weighted by Crippen LogP contribution is -2.03. The molecule has 0 radical (unpaired) electrons. The van der Waals surface area contributed by atoms with Crippen LogP contribution in [-0.4, -0.2) is 31.0 Å². The van der Waals surface area contributed by atoms with E-state index in [0.717, 1.165) is 27.1 Å². The molecule has 3 aromatic carbocycles. The van der Waals surface area contributed by atoms with Gasteiger partial charge in [0.25, 0.3) is 0 Å². The second kappa shape index (κ2) is 8.91. The van der Waals surface area contributed by atoms with Crippen molar-refractivity contribution in [2.24, 2.45) is 0 Å². The van der Waals surface area contributed by atoms with E-state index in [1.165, 1.54) is 0 Å². The van der Waals surface area contributed by atoms with E-state index in [2.05, 4.69) is 0 Å². The number of benzene rings is 3. The number of cyclic esters (lactones) is 1. The van der Waals surface area contributed by atoms with Crippen LogP contribution < -0.4 is 14.2 Å². The average Bonchev–Trinajstić information content (AvgIpc) is 3.17. The number of rotatable bonds is 7. The molecule has 1 unspecified atom stereocenters. The summed E-state index contributed by atoms with van der Waals surface area (Å²) in [5.41, 5.74) is 3.97. The van der Waals surface area contributed by atoms with Gasteiger partial charge in [-0.05, 0) is 58.7 Å². The zero-order valence-electron chi connectivity index (χ0n) is 17.5. The van der Waals surface area contributed by atoms with Gasteiger partial charge in [-0.3, -0.25) is 0 Å². The fourth-order valence-electron chi connectivity index (χ4n) is 3.54. The molecule has 1 aliphatic heterocycles. The maximum absolute atomic E-state index is 11.8. The second-order valence-corrected chi connectivity index (χ2v) is 8.40. The highest BCUT2D eigenvalue weighted by molar-refractivity contribution is 7.90. The van der Waals surface area contributed by atoms with Crippen molar-refractivity contribution in [2.75, 3.05) is 20.5 Å². The van der Waals surface area contributed by atoms with Crippen LogP contribution in [0.2, 0.25) is 0 Å². The zero-order valence-corrected chi connectivity index (χ0v) is 18.3. The molecule has 0 saturated carbocycles. The third-order valence-electron chi connectivity index (χ3n) is 5.11. The topological polar surface area (TPSA) is 77.1 Å². The minimum atomic E-state index is -1.08. The fourth-order valence-corrected chi connectivity index (χ4v) is 4.13. The van der Waals surface area contributed by atoms with E-state index in [1.54, 1.807) is 26.5 Å².